The lowest BCUT2D eigenvalue weighted by atomic mass is 10.1. The van der Waals surface area contributed by atoms with Crippen LogP contribution >= 0.6 is 12.2 Å². The maximum atomic E-state index is 7.22. The Morgan fingerprint density at radius 2 is 1.35 bits per heavy atom. The number of aromatic nitrogens is 5. The van der Waals surface area contributed by atoms with Gasteiger partial charge in [0.15, 0.2) is 41.5 Å². The monoisotopic (exact) mass is 627 g/mol. The summed E-state index contributed by atoms with van der Waals surface area (Å²) < 4.78 is 30.4. The zero-order valence-corrected chi connectivity index (χ0v) is 31.2. The minimum Gasteiger partial charge on any atom is -0.414 e. The predicted molar refractivity (Wildman–Crippen MR) is 172 cm³/mol. The highest BCUT2D eigenvalue weighted by molar-refractivity contribution is 7.71. The fourth-order valence-corrected chi connectivity index (χ4v) is 7.67. The summed E-state index contributed by atoms with van der Waals surface area (Å²) in [6, 6.07) is 0. The molecule has 0 radical (unpaired) electrons. The molecular weight excluding hydrogens is 575 g/mol. The van der Waals surface area contributed by atoms with Gasteiger partial charge in [0.2, 0.25) is 0 Å². The second-order valence-corrected chi connectivity index (χ2v) is 30.5. The molecule has 3 heterocycles. The van der Waals surface area contributed by atoms with Crippen LogP contribution in [0.3, 0.4) is 0 Å². The molecule has 9 nitrogen and oxygen atoms in total. The first kappa shape index (κ1) is 33.7. The average Bonchev–Trinajstić information content (AvgIpc) is 3.32. The largest absolute Gasteiger partial charge is 0.414 e. The second-order valence-electron chi connectivity index (χ2n) is 15.8. The minimum absolute atomic E-state index is 0.00278. The molecule has 0 unspecified atom stereocenters. The third-order valence-corrected chi connectivity index (χ3v) is 23.5. The molecule has 2 aromatic heterocycles. The van der Waals surface area contributed by atoms with Crippen LogP contribution in [0, 0.1) is 4.64 Å². The normalized spacial score (nSPS) is 23.8. The van der Waals surface area contributed by atoms with Crippen LogP contribution in [0.1, 0.15) is 68.5 Å². The number of imidazole rings is 1. The highest BCUT2D eigenvalue weighted by atomic mass is 32.1. The molecule has 0 bridgehead atoms. The van der Waals surface area contributed by atoms with Crippen molar-refractivity contribution >= 4 is 48.3 Å². The summed E-state index contributed by atoms with van der Waals surface area (Å²) in [6.07, 6.45) is 0.221. The molecule has 0 saturated carbocycles. The molecule has 1 aliphatic rings. The van der Waals surface area contributed by atoms with Gasteiger partial charge in [0.25, 0.3) is 0 Å². The number of fused-ring (bicyclic) bond motifs is 1. The molecule has 0 amide bonds. The van der Waals surface area contributed by atoms with Crippen LogP contribution in [0.2, 0.25) is 54.4 Å². The first-order valence-corrected chi connectivity index (χ1v) is 23.5. The Kier molecular flexibility index (Phi) is 9.29. The van der Waals surface area contributed by atoms with Crippen molar-refractivity contribution in [1.29, 1.82) is 0 Å². The smallest absolute Gasteiger partial charge is 0.192 e. The van der Waals surface area contributed by atoms with E-state index in [-0.39, 0.29) is 33.4 Å². The maximum Gasteiger partial charge on any atom is 0.192 e. The lowest BCUT2D eigenvalue weighted by Crippen LogP contribution is -2.54. The zero-order chi connectivity index (χ0) is 30.7. The van der Waals surface area contributed by atoms with E-state index in [0.717, 1.165) is 0 Å². The molecule has 1 aliphatic heterocycles. The topological polar surface area (TPSA) is 96.3 Å². The van der Waals surface area contributed by atoms with E-state index < -0.39 is 31.2 Å². The van der Waals surface area contributed by atoms with E-state index >= 15 is 0 Å². The Hall–Kier alpha value is -0.809. The van der Waals surface area contributed by atoms with Crippen molar-refractivity contribution in [1.82, 2.24) is 25.0 Å². The van der Waals surface area contributed by atoms with Crippen molar-refractivity contribution in [2.75, 3.05) is 6.61 Å². The van der Waals surface area contributed by atoms with Crippen molar-refractivity contribution in [3.63, 3.8) is 0 Å². The van der Waals surface area contributed by atoms with E-state index in [1.807, 2.05) is 4.57 Å². The van der Waals surface area contributed by atoms with E-state index in [4.69, 9.17) is 30.2 Å². The Morgan fingerprint density at radius 3 is 1.85 bits per heavy atom. The first-order valence-electron chi connectivity index (χ1n) is 14.3. The lowest BCUT2D eigenvalue weighted by Gasteiger charge is -2.44. The van der Waals surface area contributed by atoms with Gasteiger partial charge in [-0.1, -0.05) is 79.7 Å². The Labute approximate surface area is 249 Å². The third-order valence-electron chi connectivity index (χ3n) is 9.74. The van der Waals surface area contributed by atoms with Crippen LogP contribution in [0.5, 0.6) is 0 Å². The lowest BCUT2D eigenvalue weighted by molar-refractivity contribution is -0.0471. The standard InChI is InChI=1S/C27H53N5O4SSi3/c1-25(2,3)38(10,11)33-16-18-20(35-39(12,13)26(4,5)6)21(36-40(14,15)27(7,8)9)24(34-18)32-17-28-19-22(32)29-31-30-23(19)37/h17-18,20-21,24H,16H2,1-15H3,(H,29,30,37)/t18-,20-,21-,24-/m1/s1. The molecule has 4 atom stereocenters. The minimum atomic E-state index is -2.25. The Morgan fingerprint density at radius 1 is 0.850 bits per heavy atom. The third kappa shape index (κ3) is 6.71. The fraction of sp³-hybridized carbons (Fsp3) is 0.852. The molecule has 0 aromatic carbocycles. The van der Waals surface area contributed by atoms with Crippen molar-refractivity contribution in [2.45, 2.75) is 141 Å². The number of hydrogen-bond acceptors (Lipinski definition) is 8. The van der Waals surface area contributed by atoms with E-state index in [1.165, 1.54) is 0 Å². The molecule has 228 valence electrons. The van der Waals surface area contributed by atoms with Gasteiger partial charge in [-0.25, -0.2) is 10.1 Å². The molecule has 1 fully saturated rings. The number of hydrogen-bond donors (Lipinski definition) is 1. The van der Waals surface area contributed by atoms with Crippen LogP contribution in [-0.2, 0) is 18.0 Å². The number of ether oxygens (including phenoxy) is 1. The van der Waals surface area contributed by atoms with Crippen LogP contribution in [-0.4, -0.2) is 74.8 Å². The summed E-state index contributed by atoms with van der Waals surface area (Å²) in [5, 5.41) is 11.1. The number of H-pyrrole nitrogens is 1. The number of rotatable bonds is 8. The van der Waals surface area contributed by atoms with Crippen LogP contribution in [0.25, 0.3) is 11.2 Å². The van der Waals surface area contributed by atoms with E-state index in [1.54, 1.807) is 6.33 Å². The quantitative estimate of drug-likeness (QED) is 0.236. The Bertz CT molecular complexity index is 1240. The summed E-state index contributed by atoms with van der Waals surface area (Å²) in [7, 11) is -6.53. The van der Waals surface area contributed by atoms with Crippen molar-refractivity contribution < 1.29 is 18.0 Å². The molecular formula is C27H53N5O4SSi3. The number of nitrogens with zero attached hydrogens (tertiary/aromatic N) is 4. The van der Waals surface area contributed by atoms with Crippen LogP contribution < -0.4 is 0 Å². The highest BCUT2D eigenvalue weighted by Crippen LogP contribution is 2.46. The first-order chi connectivity index (χ1) is 17.9. The zero-order valence-electron chi connectivity index (χ0n) is 27.4. The van der Waals surface area contributed by atoms with Gasteiger partial charge < -0.3 is 18.0 Å². The number of aromatic amines is 1. The number of nitrogens with one attached hydrogen (secondary N) is 1. The van der Waals surface area contributed by atoms with Gasteiger partial charge >= 0.3 is 0 Å². The van der Waals surface area contributed by atoms with Crippen molar-refractivity contribution in [3.8, 4) is 0 Å². The van der Waals surface area contributed by atoms with Crippen LogP contribution in [0.4, 0.5) is 0 Å². The van der Waals surface area contributed by atoms with Gasteiger partial charge in [-0.2, -0.15) is 0 Å². The summed E-state index contributed by atoms with van der Waals surface area (Å²) in [5.74, 6) is 0. The summed E-state index contributed by atoms with van der Waals surface area (Å²) in [5.41, 5.74) is 1.24. The molecule has 1 N–H and O–H groups in total. The fourth-order valence-electron chi connectivity index (χ4n) is 3.86. The summed E-state index contributed by atoms with van der Waals surface area (Å²) >= 11 is 5.41. The predicted octanol–water partition coefficient (Wildman–Crippen LogP) is 7.58. The molecule has 1 saturated heterocycles. The summed E-state index contributed by atoms with van der Waals surface area (Å²) in [4.78, 5) is 4.57. The van der Waals surface area contributed by atoms with Crippen molar-refractivity contribution in [3.05, 3.63) is 11.0 Å². The van der Waals surface area contributed by atoms with Gasteiger partial charge in [0.05, 0.1) is 12.9 Å². The molecule has 2 aromatic rings. The second kappa shape index (κ2) is 11.0. The highest BCUT2D eigenvalue weighted by Gasteiger charge is 2.55. The van der Waals surface area contributed by atoms with Gasteiger partial charge in [0, 0.05) is 0 Å². The van der Waals surface area contributed by atoms with E-state index in [2.05, 4.69) is 122 Å². The van der Waals surface area contributed by atoms with Crippen LogP contribution in [0.15, 0.2) is 6.33 Å². The van der Waals surface area contributed by atoms with E-state index in [0.29, 0.717) is 22.4 Å². The Balaban J connectivity index is 2.15. The van der Waals surface area contributed by atoms with Gasteiger partial charge in [-0.15, -0.1) is 5.10 Å². The molecule has 3 rings (SSSR count). The van der Waals surface area contributed by atoms with E-state index in [9.17, 15) is 0 Å². The molecule has 0 spiro atoms. The van der Waals surface area contributed by atoms with Crippen molar-refractivity contribution in [2.24, 2.45) is 0 Å². The maximum absolute atomic E-state index is 7.22. The molecule has 13 heteroatoms. The summed E-state index contributed by atoms with van der Waals surface area (Å²) in [6.45, 7) is 34.4. The SMILES string of the molecule is CC(C)(C)[Si](C)(C)OC[C@H]1O[C@@H](n2cnc3c(=S)nn[nH]c32)[C@H](O[Si](C)(C)C(C)(C)C)[C@@H]1O[Si](C)(C)C(C)(C)C. The van der Waals surface area contributed by atoms with Gasteiger partial charge in [-0.05, 0) is 54.4 Å². The van der Waals surface area contributed by atoms with Gasteiger partial charge in [0.1, 0.15) is 23.8 Å². The average molecular weight is 628 g/mol. The molecule has 40 heavy (non-hydrogen) atoms. The molecule has 0 aliphatic carbocycles. The van der Waals surface area contributed by atoms with Gasteiger partial charge in [-0.3, -0.25) is 4.57 Å².